The Labute approximate surface area is 320 Å². The highest BCUT2D eigenvalue weighted by Gasteiger charge is 2.83. The van der Waals surface area contributed by atoms with E-state index in [0.29, 0.717) is 22.9 Å². The van der Waals surface area contributed by atoms with E-state index in [9.17, 15) is 24.9 Å². The zero-order chi connectivity index (χ0) is 37.3. The molecule has 1 aromatic rings. The molecule has 1 spiro atoms. The minimum Gasteiger partial charge on any atom is -0.458 e. The quantitative estimate of drug-likeness (QED) is 0.278. The van der Waals surface area contributed by atoms with Crippen molar-refractivity contribution in [2.24, 2.45) is 52.3 Å². The minimum absolute atomic E-state index is 0.0370. The van der Waals surface area contributed by atoms with Crippen LogP contribution < -0.4 is 4.90 Å². The summed E-state index contributed by atoms with van der Waals surface area (Å²) in [5.41, 5.74) is 2.28. The van der Waals surface area contributed by atoms with Crippen LogP contribution in [0.2, 0.25) is 0 Å². The van der Waals surface area contributed by atoms with Crippen molar-refractivity contribution in [3.8, 4) is 0 Å². The van der Waals surface area contributed by atoms with Crippen LogP contribution in [0.5, 0.6) is 0 Å². The van der Waals surface area contributed by atoms with Crippen molar-refractivity contribution in [3.05, 3.63) is 41.5 Å². The first kappa shape index (κ1) is 34.8. The first-order valence-electron chi connectivity index (χ1n) is 21.7. The summed E-state index contributed by atoms with van der Waals surface area (Å²) in [6.07, 6.45) is 11.5. The molecule has 18 atom stereocenters. The third-order valence-corrected chi connectivity index (χ3v) is 19.8. The molecule has 5 saturated carbocycles. The number of quaternary nitrogens is 1. The number of hydrogen-bond donors (Lipinski definition) is 3. The van der Waals surface area contributed by atoms with Crippen molar-refractivity contribution in [1.82, 2.24) is 0 Å². The van der Waals surface area contributed by atoms with Gasteiger partial charge in [0, 0.05) is 48.9 Å². The summed E-state index contributed by atoms with van der Waals surface area (Å²) < 4.78 is 12.3. The van der Waals surface area contributed by atoms with E-state index in [0.717, 1.165) is 82.6 Å². The highest BCUT2D eigenvalue weighted by atomic mass is 16.5. The lowest BCUT2D eigenvalue weighted by atomic mass is 9.43. The molecule has 9 nitrogen and oxygen atoms in total. The van der Waals surface area contributed by atoms with E-state index >= 15 is 0 Å². The molecule has 292 valence electrons. The van der Waals surface area contributed by atoms with E-state index in [1.165, 1.54) is 11.3 Å². The van der Waals surface area contributed by atoms with Crippen LogP contribution >= 0.6 is 0 Å². The van der Waals surface area contributed by atoms with Gasteiger partial charge in [-0.2, -0.15) is 0 Å². The number of anilines is 1. The lowest BCUT2D eigenvalue weighted by Gasteiger charge is -2.67. The van der Waals surface area contributed by atoms with Crippen molar-refractivity contribution in [2.75, 3.05) is 25.1 Å². The van der Waals surface area contributed by atoms with Gasteiger partial charge in [0.15, 0.2) is 12.8 Å². The topological polar surface area (TPSA) is 117 Å². The summed E-state index contributed by atoms with van der Waals surface area (Å²) in [5, 5.41) is 37.5. The number of piperidine rings is 4. The highest BCUT2D eigenvalue weighted by Crippen LogP contribution is 2.73. The van der Waals surface area contributed by atoms with Crippen molar-refractivity contribution in [1.29, 1.82) is 0 Å². The van der Waals surface area contributed by atoms with Crippen LogP contribution in [0.25, 0.3) is 0 Å². The van der Waals surface area contributed by atoms with Crippen molar-refractivity contribution in [2.45, 2.75) is 145 Å². The Balaban J connectivity index is 0.829. The summed E-state index contributed by atoms with van der Waals surface area (Å²) in [6.45, 7) is 7.48. The zero-order valence-corrected chi connectivity index (χ0v) is 32.7. The Morgan fingerprint density at radius 3 is 2.61 bits per heavy atom. The first-order valence-corrected chi connectivity index (χ1v) is 21.7. The fourth-order valence-electron chi connectivity index (χ4n) is 17.6. The van der Waals surface area contributed by atoms with Crippen LogP contribution in [0.4, 0.5) is 5.69 Å². The SMILES string of the molecule is CC[C@H]1[C@H]2C[C@H]3[C@@H]4N(C)c5ccccc5[C@]45C[C@@H]([C@@H]2[C@H]5O)[N@@+]3(CC(=O)O[C@H]2CC[C@@]3(C)[C@H](CC[C@@H]4[C@H]3CC[C@]3(C)[C@@H](C5=CC(=O)OC5)CC[C@]43O)C2)[C@@H]1O. The third-order valence-electron chi connectivity index (χ3n) is 19.8. The monoisotopic (exact) mass is 741 g/mol. The predicted molar refractivity (Wildman–Crippen MR) is 201 cm³/mol. The molecule has 0 amide bonds. The summed E-state index contributed by atoms with van der Waals surface area (Å²) in [6, 6.07) is 8.74. The number of likely N-dealkylation sites (N-methyl/N-ethyl adjacent to an activating group) is 1. The van der Waals surface area contributed by atoms with E-state index in [1.54, 1.807) is 6.08 Å². The largest absolute Gasteiger partial charge is 0.458 e. The van der Waals surface area contributed by atoms with Gasteiger partial charge in [0.05, 0.1) is 29.2 Å². The summed E-state index contributed by atoms with van der Waals surface area (Å²) in [7, 11) is 2.17. The van der Waals surface area contributed by atoms with Gasteiger partial charge in [0.1, 0.15) is 18.8 Å². The van der Waals surface area contributed by atoms with E-state index in [2.05, 4.69) is 57.0 Å². The maximum absolute atomic E-state index is 14.5. The summed E-state index contributed by atoms with van der Waals surface area (Å²) in [4.78, 5) is 28.8. The number of ether oxygens (including phenoxy) is 2. The van der Waals surface area contributed by atoms with Crippen LogP contribution in [0, 0.1) is 52.3 Å². The fraction of sp³-hybridized carbons (Fsp3) is 0.778. The van der Waals surface area contributed by atoms with E-state index in [1.807, 2.05) is 0 Å². The number of carbonyl (C=O) groups excluding carboxylic acids is 2. The molecule has 9 fully saturated rings. The Morgan fingerprint density at radius 1 is 1.02 bits per heavy atom. The van der Waals surface area contributed by atoms with Crippen molar-refractivity contribution in [3.63, 3.8) is 0 Å². The Hall–Kier alpha value is -2.46. The lowest BCUT2D eigenvalue weighted by molar-refractivity contribution is -1.03. The molecule has 3 N–H and O–H groups in total. The van der Waals surface area contributed by atoms with Gasteiger partial charge < -0.3 is 29.7 Å². The second kappa shape index (κ2) is 11.1. The molecule has 5 aliphatic carbocycles. The van der Waals surface area contributed by atoms with Crippen LogP contribution in [-0.2, 0) is 24.5 Å². The van der Waals surface area contributed by atoms with Gasteiger partial charge in [0.25, 0.3) is 0 Å². The molecular weight excluding hydrogens is 681 g/mol. The molecule has 4 saturated heterocycles. The maximum atomic E-state index is 14.5. The van der Waals surface area contributed by atoms with Gasteiger partial charge in [-0.15, -0.1) is 0 Å². The highest BCUT2D eigenvalue weighted by molar-refractivity contribution is 5.85. The minimum atomic E-state index is -0.739. The standard InChI is InChI=1S/C45H61N2O7/c1-5-27-28-20-34-39-44(32-8-6-7-9-33(32)46(39)4)21-35(38(28)40(44)50)47(34,41(27)51)22-37(49)54-26-12-15-42(2)25(19-26)10-11-31-30(42)13-16-43(3)29(14-17-45(31,43)52)24-18-36(48)53-23-24/h6-9,18,25-31,34-35,38-41,50-52H,5,10-17,19-23H2,1-4H3/q+1/t25-,26+,27+,28-,29-,30-,31-,34+,35+,38-,39+,40-,41-,42+,43-,44-,45+,47+/m1/s1. The number of rotatable bonds is 5. The fourth-order valence-corrected chi connectivity index (χ4v) is 17.6. The van der Waals surface area contributed by atoms with Crippen LogP contribution in [0.3, 0.4) is 0 Å². The average molecular weight is 742 g/mol. The summed E-state index contributed by atoms with van der Waals surface area (Å²) >= 11 is 0. The number of aliphatic hydroxyl groups excluding tert-OH is 2. The lowest BCUT2D eigenvalue weighted by Crippen LogP contribution is -2.83. The molecule has 12 rings (SSSR count). The molecule has 5 bridgehead atoms. The molecule has 0 aromatic heterocycles. The van der Waals surface area contributed by atoms with Gasteiger partial charge in [-0.25, -0.2) is 9.59 Å². The van der Waals surface area contributed by atoms with Crippen LogP contribution in [-0.4, -0.2) is 94.1 Å². The number of para-hydroxylation sites is 1. The van der Waals surface area contributed by atoms with Crippen LogP contribution in [0.15, 0.2) is 35.9 Å². The number of benzene rings is 1. The normalized spacial score (nSPS) is 54.4. The Kier molecular flexibility index (Phi) is 7.17. The smallest absolute Gasteiger partial charge is 0.362 e. The number of cyclic esters (lactones) is 1. The number of carbonyl (C=O) groups is 2. The molecule has 6 heterocycles. The number of esters is 2. The summed E-state index contributed by atoms with van der Waals surface area (Å²) in [5.74, 6) is 1.32. The van der Waals surface area contributed by atoms with Gasteiger partial charge in [-0.3, -0.25) is 4.48 Å². The van der Waals surface area contributed by atoms with Crippen molar-refractivity contribution >= 4 is 17.6 Å². The molecule has 6 aliphatic heterocycles. The van der Waals surface area contributed by atoms with Gasteiger partial charge in [0.2, 0.25) is 0 Å². The van der Waals surface area contributed by atoms with Crippen molar-refractivity contribution < 1.29 is 38.9 Å². The van der Waals surface area contributed by atoms with Gasteiger partial charge in [-0.05, 0) is 116 Å². The molecule has 54 heavy (non-hydrogen) atoms. The second-order valence-corrected chi connectivity index (χ2v) is 20.7. The maximum Gasteiger partial charge on any atom is 0.362 e. The second-order valence-electron chi connectivity index (χ2n) is 20.7. The Morgan fingerprint density at radius 2 is 1.83 bits per heavy atom. The number of fused-ring (bicyclic) bond motifs is 7. The van der Waals surface area contributed by atoms with E-state index < -0.39 is 17.9 Å². The number of aliphatic hydroxyl groups is 3. The predicted octanol–water partition coefficient (Wildman–Crippen LogP) is 5.24. The Bertz CT molecular complexity index is 1830. The third kappa shape index (κ3) is 3.88. The molecule has 0 radical (unpaired) electrons. The molecule has 9 heteroatoms. The number of hydrogen-bond acceptors (Lipinski definition) is 8. The van der Waals surface area contributed by atoms with Crippen LogP contribution in [0.1, 0.15) is 103 Å². The molecule has 1 aromatic carbocycles. The number of nitrogens with zero attached hydrogens (tertiary/aromatic N) is 2. The molecular formula is C45H61N2O7+. The average Bonchev–Trinajstić information content (AvgIpc) is 3.83. The first-order chi connectivity index (χ1) is 25.8. The zero-order valence-electron chi connectivity index (χ0n) is 32.7. The van der Waals surface area contributed by atoms with Gasteiger partial charge >= 0.3 is 11.9 Å². The van der Waals surface area contributed by atoms with E-state index in [4.69, 9.17) is 9.47 Å². The van der Waals surface area contributed by atoms with E-state index in [-0.39, 0.29) is 88.5 Å². The molecule has 11 aliphatic rings. The van der Waals surface area contributed by atoms with Gasteiger partial charge in [-0.1, -0.05) is 39.0 Å². The molecule has 0 unspecified atom stereocenters.